The van der Waals surface area contributed by atoms with Crippen LogP contribution in [-0.4, -0.2) is 26.5 Å². The molecule has 0 fully saturated rings. The molecule has 0 aliphatic rings. The Bertz CT molecular complexity index is 1100. The number of hydrogen-bond donors (Lipinski definition) is 3. The molecule has 3 aromatic rings. The van der Waals surface area contributed by atoms with Gasteiger partial charge in [-0.2, -0.15) is 0 Å². The van der Waals surface area contributed by atoms with Crippen molar-refractivity contribution in [3.8, 4) is 10.4 Å². The molecule has 0 aliphatic carbocycles. The van der Waals surface area contributed by atoms with Crippen LogP contribution in [0.15, 0.2) is 57.5 Å². The van der Waals surface area contributed by atoms with E-state index in [2.05, 4.69) is 15.0 Å². The van der Waals surface area contributed by atoms with Gasteiger partial charge in [-0.15, -0.1) is 11.3 Å². The normalized spacial score (nSPS) is 11.5. The van der Waals surface area contributed by atoms with Gasteiger partial charge in [0.05, 0.1) is 0 Å². The van der Waals surface area contributed by atoms with Gasteiger partial charge in [0.15, 0.2) is 0 Å². The molecule has 148 valence electrons. The maximum atomic E-state index is 12.6. The lowest BCUT2D eigenvalue weighted by molar-refractivity contribution is 0.585. The Hall–Kier alpha value is -2.42. The molecule has 6 nitrogen and oxygen atoms in total. The van der Waals surface area contributed by atoms with E-state index in [1.54, 1.807) is 12.1 Å². The average Bonchev–Trinajstić information content (AvgIpc) is 3.17. The predicted octanol–water partition coefficient (Wildman–Crippen LogP) is 3.36. The summed E-state index contributed by atoms with van der Waals surface area (Å²) in [5.74, 6) is 0. The molecule has 0 amide bonds. The molecule has 0 spiro atoms. The number of aromatic nitrogens is 1. The summed E-state index contributed by atoms with van der Waals surface area (Å²) in [5.41, 5.74) is 3.12. The molecule has 0 aliphatic heterocycles. The third-order valence-corrected chi connectivity index (χ3v) is 7.40. The average molecular weight is 418 g/mol. The van der Waals surface area contributed by atoms with E-state index in [9.17, 15) is 13.2 Å². The number of anilines is 1. The second-order valence-corrected chi connectivity index (χ2v) is 9.40. The highest BCUT2D eigenvalue weighted by Crippen LogP contribution is 2.32. The van der Waals surface area contributed by atoms with E-state index in [4.69, 9.17) is 0 Å². The Morgan fingerprint density at radius 3 is 2.54 bits per heavy atom. The van der Waals surface area contributed by atoms with Crippen LogP contribution in [0.5, 0.6) is 0 Å². The van der Waals surface area contributed by atoms with E-state index in [1.165, 1.54) is 11.3 Å². The number of H-pyrrole nitrogens is 1. The van der Waals surface area contributed by atoms with Crippen molar-refractivity contribution in [3.05, 3.63) is 70.1 Å². The molecule has 3 N–H and O–H groups in total. The zero-order valence-electron chi connectivity index (χ0n) is 15.8. The Labute approximate surface area is 168 Å². The van der Waals surface area contributed by atoms with Crippen LogP contribution in [0.25, 0.3) is 10.4 Å². The lowest BCUT2D eigenvalue weighted by Gasteiger charge is -2.08. The minimum Gasteiger partial charge on any atom is -0.384 e. The van der Waals surface area contributed by atoms with Gasteiger partial charge in [0.2, 0.25) is 10.0 Å². The maximum absolute atomic E-state index is 12.6. The molecule has 3 rings (SSSR count). The van der Waals surface area contributed by atoms with Crippen LogP contribution >= 0.6 is 11.3 Å². The largest absolute Gasteiger partial charge is 0.384 e. The first-order valence-corrected chi connectivity index (χ1v) is 11.3. The summed E-state index contributed by atoms with van der Waals surface area (Å²) >= 11 is 1.19. The third kappa shape index (κ3) is 4.70. The van der Waals surface area contributed by atoms with Gasteiger partial charge in [-0.3, -0.25) is 4.79 Å². The molecule has 28 heavy (non-hydrogen) atoms. The van der Waals surface area contributed by atoms with Gasteiger partial charge in [0, 0.05) is 40.5 Å². The van der Waals surface area contributed by atoms with Gasteiger partial charge in [-0.05, 0) is 43.7 Å². The van der Waals surface area contributed by atoms with Crippen LogP contribution in [0.3, 0.4) is 0 Å². The zero-order chi connectivity index (χ0) is 20.1. The molecular formula is C20H23N3O3S2. The minimum absolute atomic E-state index is 0.0965. The number of pyridine rings is 1. The lowest BCUT2D eigenvalue weighted by Crippen LogP contribution is -2.28. The van der Waals surface area contributed by atoms with Gasteiger partial charge < -0.3 is 10.3 Å². The van der Waals surface area contributed by atoms with Crippen molar-refractivity contribution in [1.29, 1.82) is 0 Å². The van der Waals surface area contributed by atoms with Crippen LogP contribution < -0.4 is 15.6 Å². The number of benzene rings is 1. The SMILES string of the molecule is CCc1cc(-c2ccc(S(=O)(=O)NCCNc3ccccc3)s2)c(C)[nH]c1=O. The highest BCUT2D eigenvalue weighted by molar-refractivity contribution is 7.91. The van der Waals surface area contributed by atoms with Crippen LogP contribution in [0.2, 0.25) is 0 Å². The van der Waals surface area contributed by atoms with Crippen molar-refractivity contribution in [3.63, 3.8) is 0 Å². The Morgan fingerprint density at radius 1 is 1.07 bits per heavy atom. The fourth-order valence-electron chi connectivity index (χ4n) is 2.81. The zero-order valence-corrected chi connectivity index (χ0v) is 17.4. The fraction of sp³-hybridized carbons (Fsp3) is 0.250. The summed E-state index contributed by atoms with van der Waals surface area (Å²) in [5, 5.41) is 3.17. The quantitative estimate of drug-likeness (QED) is 0.490. The number of hydrogen-bond acceptors (Lipinski definition) is 5. The minimum atomic E-state index is -3.58. The first-order chi connectivity index (χ1) is 13.4. The van der Waals surface area contributed by atoms with Crippen molar-refractivity contribution in [2.45, 2.75) is 24.5 Å². The Balaban J connectivity index is 1.69. The molecular weight excluding hydrogens is 394 g/mol. The van der Waals surface area contributed by atoms with Crippen molar-refractivity contribution < 1.29 is 8.42 Å². The summed E-state index contributed by atoms with van der Waals surface area (Å²) in [6.45, 7) is 4.50. The number of sulfonamides is 1. The molecule has 0 bridgehead atoms. The van der Waals surface area contributed by atoms with Crippen LogP contribution in [0.1, 0.15) is 18.2 Å². The van der Waals surface area contributed by atoms with Crippen molar-refractivity contribution in [2.75, 3.05) is 18.4 Å². The molecule has 0 radical (unpaired) electrons. The maximum Gasteiger partial charge on any atom is 0.251 e. The number of thiophene rings is 1. The summed E-state index contributed by atoms with van der Waals surface area (Å²) < 4.78 is 28.0. The number of aromatic amines is 1. The van der Waals surface area contributed by atoms with Crippen LogP contribution in [0.4, 0.5) is 5.69 Å². The summed E-state index contributed by atoms with van der Waals surface area (Å²) in [6, 6.07) is 14.8. The third-order valence-electron chi connectivity index (χ3n) is 4.33. The van der Waals surface area contributed by atoms with Gasteiger partial charge in [-0.1, -0.05) is 25.1 Å². The number of rotatable bonds is 8. The van der Waals surface area contributed by atoms with E-state index < -0.39 is 10.0 Å². The first kappa shape index (κ1) is 20.3. The molecule has 2 heterocycles. The number of para-hydroxylation sites is 1. The number of aryl methyl sites for hydroxylation is 2. The molecule has 0 unspecified atom stereocenters. The van der Waals surface area contributed by atoms with Crippen LogP contribution in [-0.2, 0) is 16.4 Å². The van der Waals surface area contributed by atoms with Gasteiger partial charge in [0.1, 0.15) is 4.21 Å². The predicted molar refractivity (Wildman–Crippen MR) is 115 cm³/mol. The fourth-order valence-corrected chi connectivity index (χ4v) is 5.27. The monoisotopic (exact) mass is 417 g/mol. The molecule has 2 aromatic heterocycles. The van der Waals surface area contributed by atoms with E-state index in [-0.39, 0.29) is 16.3 Å². The highest BCUT2D eigenvalue weighted by Gasteiger charge is 2.18. The van der Waals surface area contributed by atoms with E-state index in [0.717, 1.165) is 21.8 Å². The standard InChI is InChI=1S/C20H23N3O3S2/c1-3-15-13-17(14(2)23-20(15)24)18-9-10-19(27-18)28(25,26)22-12-11-21-16-7-5-4-6-8-16/h4-10,13,21-22H,3,11-12H2,1-2H3,(H,23,24). The summed E-state index contributed by atoms with van der Waals surface area (Å²) in [6.07, 6.45) is 0.620. The molecule has 0 saturated carbocycles. The summed E-state index contributed by atoms with van der Waals surface area (Å²) in [7, 11) is -3.58. The summed E-state index contributed by atoms with van der Waals surface area (Å²) in [4.78, 5) is 15.6. The van der Waals surface area contributed by atoms with Crippen molar-refractivity contribution in [2.24, 2.45) is 0 Å². The van der Waals surface area contributed by atoms with Crippen molar-refractivity contribution in [1.82, 2.24) is 9.71 Å². The van der Waals surface area contributed by atoms with E-state index >= 15 is 0 Å². The van der Waals surface area contributed by atoms with Gasteiger partial charge in [-0.25, -0.2) is 13.1 Å². The van der Waals surface area contributed by atoms with Gasteiger partial charge in [0.25, 0.3) is 5.56 Å². The highest BCUT2D eigenvalue weighted by atomic mass is 32.2. The van der Waals surface area contributed by atoms with E-state index in [1.807, 2.05) is 50.2 Å². The lowest BCUT2D eigenvalue weighted by atomic mass is 10.1. The number of nitrogens with one attached hydrogen (secondary N) is 3. The second-order valence-electron chi connectivity index (χ2n) is 6.33. The second kappa shape index (κ2) is 8.72. The van der Waals surface area contributed by atoms with E-state index in [0.29, 0.717) is 18.5 Å². The van der Waals surface area contributed by atoms with Gasteiger partial charge >= 0.3 is 0 Å². The Morgan fingerprint density at radius 2 is 1.82 bits per heavy atom. The first-order valence-electron chi connectivity index (χ1n) is 9.02. The molecule has 1 aromatic carbocycles. The molecule has 0 atom stereocenters. The van der Waals surface area contributed by atoms with Crippen molar-refractivity contribution >= 4 is 27.0 Å². The smallest absolute Gasteiger partial charge is 0.251 e. The van der Waals surface area contributed by atoms with Crippen LogP contribution in [0, 0.1) is 6.92 Å². The molecule has 8 heteroatoms. The Kier molecular flexibility index (Phi) is 6.33. The molecule has 0 saturated heterocycles. The topological polar surface area (TPSA) is 91.1 Å².